The Bertz CT molecular complexity index is 1220. The van der Waals surface area contributed by atoms with Gasteiger partial charge < -0.3 is 24.2 Å². The number of likely N-dealkylation sites (tertiary alicyclic amines) is 1. The number of hydrogen-bond acceptors (Lipinski definition) is 7. The SMILES string of the molecule is O=C(COc1c(C(=O)O)sc(-c2cccc(OC(=O)N3CCCCC3)c2)c1Br)Oc1ccccc1. The van der Waals surface area contributed by atoms with Gasteiger partial charge in [0.05, 0.1) is 9.35 Å². The summed E-state index contributed by atoms with van der Waals surface area (Å²) in [7, 11) is 0. The molecule has 35 heavy (non-hydrogen) atoms. The van der Waals surface area contributed by atoms with E-state index in [1.807, 2.05) is 0 Å². The molecule has 1 aliphatic rings. The predicted octanol–water partition coefficient (Wildman–Crippen LogP) is 5.84. The monoisotopic (exact) mass is 559 g/mol. The highest BCUT2D eigenvalue weighted by Crippen LogP contribution is 2.46. The molecule has 0 unspecified atom stereocenters. The maximum atomic E-state index is 12.5. The standard InChI is InChI=1S/C25H22BrNO7S/c26-20-21(32-15-19(28)33-17-9-3-1-4-10-17)23(24(29)30)35-22(20)16-8-7-11-18(14-16)34-25(31)27-12-5-2-6-13-27/h1,3-4,7-11,14H,2,5-6,12-13,15H2,(H,29,30). The van der Waals surface area contributed by atoms with Crippen LogP contribution in [-0.4, -0.2) is 47.7 Å². The van der Waals surface area contributed by atoms with Crippen LogP contribution in [0, 0.1) is 0 Å². The molecule has 0 bridgehead atoms. The van der Waals surface area contributed by atoms with Crippen LogP contribution in [0.3, 0.4) is 0 Å². The van der Waals surface area contributed by atoms with E-state index in [1.165, 1.54) is 0 Å². The first-order valence-corrected chi connectivity index (χ1v) is 12.5. The number of aromatic carboxylic acids is 1. The van der Waals surface area contributed by atoms with Crippen molar-refractivity contribution in [2.24, 2.45) is 0 Å². The number of esters is 1. The number of rotatable bonds is 7. The van der Waals surface area contributed by atoms with E-state index in [0.717, 1.165) is 30.6 Å². The first-order chi connectivity index (χ1) is 16.9. The van der Waals surface area contributed by atoms with Gasteiger partial charge >= 0.3 is 18.0 Å². The number of carboxylic acid groups (broad SMARTS) is 1. The van der Waals surface area contributed by atoms with Crippen LogP contribution in [0.5, 0.6) is 17.2 Å². The number of piperidine rings is 1. The first-order valence-electron chi connectivity index (χ1n) is 10.9. The minimum Gasteiger partial charge on any atom is -0.479 e. The van der Waals surface area contributed by atoms with Crippen LogP contribution >= 0.6 is 27.3 Å². The molecule has 1 aromatic heterocycles. The summed E-state index contributed by atoms with van der Waals surface area (Å²) >= 11 is 4.40. The molecule has 8 nitrogen and oxygen atoms in total. The van der Waals surface area contributed by atoms with E-state index in [9.17, 15) is 19.5 Å². The highest BCUT2D eigenvalue weighted by atomic mass is 79.9. The van der Waals surface area contributed by atoms with E-state index in [0.29, 0.717) is 39.5 Å². The Morgan fingerprint density at radius 1 is 0.943 bits per heavy atom. The second-order valence-electron chi connectivity index (χ2n) is 7.73. The predicted molar refractivity (Wildman–Crippen MR) is 133 cm³/mol. The highest BCUT2D eigenvalue weighted by molar-refractivity contribution is 9.10. The molecule has 0 saturated carbocycles. The smallest absolute Gasteiger partial charge is 0.415 e. The van der Waals surface area contributed by atoms with Crippen molar-refractivity contribution in [2.75, 3.05) is 19.7 Å². The Balaban J connectivity index is 1.50. The van der Waals surface area contributed by atoms with Crippen molar-refractivity contribution < 1.29 is 33.7 Å². The number of thiophene rings is 1. The highest BCUT2D eigenvalue weighted by Gasteiger charge is 2.25. The zero-order chi connectivity index (χ0) is 24.8. The van der Waals surface area contributed by atoms with E-state index in [-0.39, 0.29) is 10.6 Å². The number of amides is 1. The van der Waals surface area contributed by atoms with Gasteiger partial charge in [-0.25, -0.2) is 14.4 Å². The average molecular weight is 560 g/mol. The van der Waals surface area contributed by atoms with Gasteiger partial charge in [0.25, 0.3) is 0 Å². The van der Waals surface area contributed by atoms with Crippen LogP contribution in [0.2, 0.25) is 0 Å². The summed E-state index contributed by atoms with van der Waals surface area (Å²) in [5, 5.41) is 9.69. The third-order valence-electron chi connectivity index (χ3n) is 5.23. The van der Waals surface area contributed by atoms with Crippen molar-refractivity contribution in [1.82, 2.24) is 4.90 Å². The Kier molecular flexibility index (Phi) is 8.04. The van der Waals surface area contributed by atoms with Gasteiger partial charge in [0.1, 0.15) is 11.5 Å². The molecule has 0 atom stereocenters. The lowest BCUT2D eigenvalue weighted by Gasteiger charge is -2.25. The van der Waals surface area contributed by atoms with Crippen molar-refractivity contribution >= 4 is 45.3 Å². The molecular formula is C25H22BrNO7S. The zero-order valence-corrected chi connectivity index (χ0v) is 21.0. The summed E-state index contributed by atoms with van der Waals surface area (Å²) < 4.78 is 16.7. The number of halogens is 1. The van der Waals surface area contributed by atoms with E-state index >= 15 is 0 Å². The maximum absolute atomic E-state index is 12.5. The lowest BCUT2D eigenvalue weighted by Crippen LogP contribution is -2.37. The van der Waals surface area contributed by atoms with Gasteiger partial charge in [-0.15, -0.1) is 11.3 Å². The third-order valence-corrected chi connectivity index (χ3v) is 7.46. The minimum atomic E-state index is -1.19. The third kappa shape index (κ3) is 6.20. The minimum absolute atomic E-state index is 0.0261. The van der Waals surface area contributed by atoms with Crippen molar-refractivity contribution in [3.8, 4) is 27.7 Å². The molecule has 10 heteroatoms. The first kappa shape index (κ1) is 24.7. The summed E-state index contributed by atoms with van der Waals surface area (Å²) in [6.45, 7) is 0.867. The largest absolute Gasteiger partial charge is 0.479 e. The Labute approximate surface area is 214 Å². The summed E-state index contributed by atoms with van der Waals surface area (Å²) in [4.78, 5) is 38.7. The van der Waals surface area contributed by atoms with Gasteiger partial charge in [-0.05, 0) is 65.0 Å². The Morgan fingerprint density at radius 3 is 2.37 bits per heavy atom. The fourth-order valence-corrected chi connectivity index (χ4v) is 5.46. The normalized spacial score (nSPS) is 13.2. The van der Waals surface area contributed by atoms with E-state index < -0.39 is 24.6 Å². The molecule has 2 aromatic carbocycles. The van der Waals surface area contributed by atoms with E-state index in [4.69, 9.17) is 14.2 Å². The van der Waals surface area contributed by atoms with Gasteiger partial charge in [-0.1, -0.05) is 30.3 Å². The quantitative estimate of drug-likeness (QED) is 0.286. The number of carboxylic acids is 1. The van der Waals surface area contributed by atoms with Gasteiger partial charge in [-0.2, -0.15) is 0 Å². The fraction of sp³-hybridized carbons (Fsp3) is 0.240. The van der Waals surface area contributed by atoms with E-state index in [2.05, 4.69) is 15.9 Å². The average Bonchev–Trinajstić information content (AvgIpc) is 3.20. The summed E-state index contributed by atoms with van der Waals surface area (Å²) in [5.41, 5.74) is 0.634. The molecule has 1 fully saturated rings. The molecule has 1 amide bonds. The molecule has 3 aromatic rings. The van der Waals surface area contributed by atoms with Crippen molar-refractivity contribution in [3.05, 3.63) is 63.9 Å². The second kappa shape index (κ2) is 11.4. The van der Waals surface area contributed by atoms with E-state index in [1.54, 1.807) is 59.5 Å². The molecule has 4 rings (SSSR count). The Hall–Kier alpha value is -3.37. The van der Waals surface area contributed by atoms with Crippen LogP contribution in [0.1, 0.15) is 28.9 Å². The maximum Gasteiger partial charge on any atom is 0.415 e. The van der Waals surface area contributed by atoms with Crippen molar-refractivity contribution in [2.45, 2.75) is 19.3 Å². The molecule has 2 heterocycles. The fourth-order valence-electron chi connectivity index (χ4n) is 3.57. The summed E-state index contributed by atoms with van der Waals surface area (Å²) in [6, 6.07) is 15.3. The van der Waals surface area contributed by atoms with Gasteiger partial charge in [0.15, 0.2) is 17.2 Å². The number of hydrogen-bond donors (Lipinski definition) is 1. The molecular weight excluding hydrogens is 538 g/mol. The lowest BCUT2D eigenvalue weighted by molar-refractivity contribution is -0.136. The molecule has 1 saturated heterocycles. The number of para-hydroxylation sites is 1. The van der Waals surface area contributed by atoms with Gasteiger partial charge in [-0.3, -0.25) is 0 Å². The lowest BCUT2D eigenvalue weighted by atomic mass is 10.1. The van der Waals surface area contributed by atoms with Gasteiger partial charge in [0.2, 0.25) is 0 Å². The molecule has 1 N–H and O–H groups in total. The Morgan fingerprint density at radius 2 is 1.66 bits per heavy atom. The number of benzene rings is 2. The molecule has 1 aliphatic heterocycles. The zero-order valence-electron chi connectivity index (χ0n) is 18.6. The van der Waals surface area contributed by atoms with Crippen molar-refractivity contribution in [1.29, 1.82) is 0 Å². The van der Waals surface area contributed by atoms with Crippen LogP contribution in [0.4, 0.5) is 4.79 Å². The second-order valence-corrected chi connectivity index (χ2v) is 9.54. The van der Waals surface area contributed by atoms with Crippen LogP contribution in [0.15, 0.2) is 59.1 Å². The summed E-state index contributed by atoms with van der Waals surface area (Å²) in [5.74, 6) is -1.12. The molecule has 0 aliphatic carbocycles. The number of ether oxygens (including phenoxy) is 3. The van der Waals surface area contributed by atoms with Crippen LogP contribution in [0.25, 0.3) is 10.4 Å². The topological polar surface area (TPSA) is 102 Å². The molecule has 182 valence electrons. The van der Waals surface area contributed by atoms with Crippen molar-refractivity contribution in [3.63, 3.8) is 0 Å². The van der Waals surface area contributed by atoms with Gasteiger partial charge in [0, 0.05) is 13.1 Å². The van der Waals surface area contributed by atoms with Crippen LogP contribution in [-0.2, 0) is 4.79 Å². The number of nitrogens with zero attached hydrogens (tertiary/aromatic N) is 1. The molecule has 0 radical (unpaired) electrons. The number of carbonyl (C=O) groups excluding carboxylic acids is 2. The molecule has 0 spiro atoms. The van der Waals surface area contributed by atoms with Crippen LogP contribution < -0.4 is 14.2 Å². The number of carbonyl (C=O) groups is 3. The summed E-state index contributed by atoms with van der Waals surface area (Å²) in [6.07, 6.45) is 2.61.